The van der Waals surface area contributed by atoms with Gasteiger partial charge >= 0.3 is 0 Å². The Balaban J connectivity index is 1.59. The minimum atomic E-state index is -0.613. The molecule has 18 heavy (non-hydrogen) atoms. The van der Waals surface area contributed by atoms with Gasteiger partial charge in [0.15, 0.2) is 0 Å². The minimum absolute atomic E-state index is 0.0266. The first-order valence-corrected chi connectivity index (χ1v) is 6.89. The standard InChI is InChI=1S/C13H24N2O3/c1-13(5-2-6-15-13)12(17)14-7-11(16)9-18-8-10-3-4-10/h10-11,15-16H,2-9H2,1H3,(H,14,17). The number of ether oxygens (including phenoxy) is 1. The second kappa shape index (κ2) is 5.99. The molecule has 1 heterocycles. The largest absolute Gasteiger partial charge is 0.389 e. The van der Waals surface area contributed by atoms with Crippen molar-refractivity contribution < 1.29 is 14.6 Å². The van der Waals surface area contributed by atoms with Crippen molar-refractivity contribution in [3.05, 3.63) is 0 Å². The van der Waals surface area contributed by atoms with Crippen LogP contribution in [-0.4, -0.2) is 49.0 Å². The van der Waals surface area contributed by atoms with E-state index in [0.717, 1.165) is 26.0 Å². The van der Waals surface area contributed by atoms with E-state index in [0.29, 0.717) is 12.5 Å². The van der Waals surface area contributed by atoms with Crippen molar-refractivity contribution in [2.45, 2.75) is 44.2 Å². The van der Waals surface area contributed by atoms with Crippen LogP contribution in [0.15, 0.2) is 0 Å². The van der Waals surface area contributed by atoms with Crippen molar-refractivity contribution in [2.75, 3.05) is 26.3 Å². The summed E-state index contributed by atoms with van der Waals surface area (Å²) in [7, 11) is 0. The van der Waals surface area contributed by atoms with Gasteiger partial charge < -0.3 is 20.5 Å². The van der Waals surface area contributed by atoms with Gasteiger partial charge in [0.1, 0.15) is 0 Å². The van der Waals surface area contributed by atoms with Gasteiger partial charge in [-0.15, -0.1) is 0 Å². The quantitative estimate of drug-likeness (QED) is 0.601. The van der Waals surface area contributed by atoms with Gasteiger partial charge in [-0.05, 0) is 45.1 Å². The van der Waals surface area contributed by atoms with Crippen LogP contribution in [0, 0.1) is 5.92 Å². The van der Waals surface area contributed by atoms with E-state index >= 15 is 0 Å². The number of hydrogen-bond donors (Lipinski definition) is 3. The van der Waals surface area contributed by atoms with Crippen LogP contribution >= 0.6 is 0 Å². The lowest BCUT2D eigenvalue weighted by Crippen LogP contribution is -2.52. The molecule has 2 rings (SSSR count). The average Bonchev–Trinajstić information content (AvgIpc) is 3.06. The van der Waals surface area contributed by atoms with Crippen molar-refractivity contribution >= 4 is 5.91 Å². The van der Waals surface area contributed by atoms with Crippen molar-refractivity contribution in [1.29, 1.82) is 0 Å². The maximum atomic E-state index is 11.9. The topological polar surface area (TPSA) is 70.6 Å². The summed E-state index contributed by atoms with van der Waals surface area (Å²) in [6, 6.07) is 0. The second-order valence-corrected chi connectivity index (χ2v) is 5.71. The number of hydrogen-bond acceptors (Lipinski definition) is 4. The van der Waals surface area contributed by atoms with Crippen LogP contribution in [0.4, 0.5) is 0 Å². The lowest BCUT2D eigenvalue weighted by molar-refractivity contribution is -0.127. The van der Waals surface area contributed by atoms with Crippen LogP contribution < -0.4 is 10.6 Å². The third-order valence-corrected chi connectivity index (χ3v) is 3.73. The summed E-state index contributed by atoms with van der Waals surface area (Å²) in [5, 5.41) is 15.7. The Morgan fingerprint density at radius 2 is 2.39 bits per heavy atom. The molecular formula is C13H24N2O3. The van der Waals surface area contributed by atoms with Gasteiger partial charge in [-0.3, -0.25) is 4.79 Å². The van der Waals surface area contributed by atoms with Crippen LogP contribution in [0.3, 0.4) is 0 Å². The van der Waals surface area contributed by atoms with Crippen LogP contribution in [0.5, 0.6) is 0 Å². The Labute approximate surface area is 108 Å². The highest BCUT2D eigenvalue weighted by molar-refractivity contribution is 5.86. The zero-order valence-electron chi connectivity index (χ0n) is 11.1. The Kier molecular flexibility index (Phi) is 4.59. The molecule has 2 fully saturated rings. The number of rotatable bonds is 7. The minimum Gasteiger partial charge on any atom is -0.389 e. The molecule has 2 aliphatic rings. The molecule has 1 aliphatic heterocycles. The van der Waals surface area contributed by atoms with Gasteiger partial charge in [0.25, 0.3) is 0 Å². The van der Waals surface area contributed by atoms with Crippen molar-refractivity contribution in [3.8, 4) is 0 Å². The number of amides is 1. The Bertz CT molecular complexity index is 286. The van der Waals surface area contributed by atoms with Crippen molar-refractivity contribution in [3.63, 3.8) is 0 Å². The van der Waals surface area contributed by atoms with Crippen molar-refractivity contribution in [2.24, 2.45) is 5.92 Å². The first-order valence-electron chi connectivity index (χ1n) is 6.89. The smallest absolute Gasteiger partial charge is 0.240 e. The Morgan fingerprint density at radius 1 is 1.61 bits per heavy atom. The zero-order chi connectivity index (χ0) is 13.0. The fraction of sp³-hybridized carbons (Fsp3) is 0.923. The van der Waals surface area contributed by atoms with Gasteiger partial charge in [-0.25, -0.2) is 0 Å². The highest BCUT2D eigenvalue weighted by Gasteiger charge is 2.35. The molecular weight excluding hydrogens is 232 g/mol. The van der Waals surface area contributed by atoms with Gasteiger partial charge in [-0.1, -0.05) is 0 Å². The molecule has 3 N–H and O–H groups in total. The van der Waals surface area contributed by atoms with Crippen LogP contribution in [-0.2, 0) is 9.53 Å². The third-order valence-electron chi connectivity index (χ3n) is 3.73. The third kappa shape index (κ3) is 3.93. The lowest BCUT2D eigenvalue weighted by atomic mass is 9.99. The molecule has 0 aromatic heterocycles. The van der Waals surface area contributed by atoms with E-state index in [1.54, 1.807) is 0 Å². The van der Waals surface area contributed by atoms with E-state index < -0.39 is 11.6 Å². The molecule has 0 aromatic rings. The molecule has 1 saturated heterocycles. The summed E-state index contributed by atoms with van der Waals surface area (Å²) >= 11 is 0. The molecule has 1 amide bonds. The van der Waals surface area contributed by atoms with Crippen LogP contribution in [0.25, 0.3) is 0 Å². The van der Waals surface area contributed by atoms with Gasteiger partial charge in [-0.2, -0.15) is 0 Å². The summed E-state index contributed by atoms with van der Waals surface area (Å²) in [6.45, 7) is 4.11. The van der Waals surface area contributed by atoms with E-state index in [4.69, 9.17) is 4.74 Å². The van der Waals surface area contributed by atoms with Crippen LogP contribution in [0.2, 0.25) is 0 Å². The van der Waals surface area contributed by atoms with E-state index in [2.05, 4.69) is 10.6 Å². The normalized spacial score (nSPS) is 29.2. The first kappa shape index (κ1) is 13.8. The molecule has 104 valence electrons. The molecule has 2 atom stereocenters. The van der Waals surface area contributed by atoms with Gasteiger partial charge in [0.05, 0.1) is 18.2 Å². The molecule has 0 spiro atoms. The number of aliphatic hydroxyl groups excluding tert-OH is 1. The number of carbonyl (C=O) groups is 1. The number of nitrogens with one attached hydrogen (secondary N) is 2. The molecule has 5 nitrogen and oxygen atoms in total. The first-order chi connectivity index (χ1) is 8.60. The molecule has 2 unspecified atom stereocenters. The molecule has 1 saturated carbocycles. The predicted octanol–water partition coefficient (Wildman–Crippen LogP) is 0.0322. The molecule has 5 heteroatoms. The maximum absolute atomic E-state index is 11.9. The maximum Gasteiger partial charge on any atom is 0.240 e. The molecule has 0 aromatic carbocycles. The van der Waals surface area contributed by atoms with Gasteiger partial charge in [0.2, 0.25) is 5.91 Å². The molecule has 0 bridgehead atoms. The highest BCUT2D eigenvalue weighted by Crippen LogP contribution is 2.28. The van der Waals surface area contributed by atoms with E-state index in [1.807, 2.05) is 6.92 Å². The van der Waals surface area contributed by atoms with Crippen molar-refractivity contribution in [1.82, 2.24) is 10.6 Å². The van der Waals surface area contributed by atoms with E-state index in [-0.39, 0.29) is 12.5 Å². The lowest BCUT2D eigenvalue weighted by Gasteiger charge is -2.24. The van der Waals surface area contributed by atoms with E-state index in [9.17, 15) is 9.90 Å². The molecule has 1 aliphatic carbocycles. The summed E-state index contributed by atoms with van der Waals surface area (Å²) in [5.41, 5.74) is -0.464. The Hall–Kier alpha value is -0.650. The number of carbonyl (C=O) groups excluding carboxylic acids is 1. The van der Waals surface area contributed by atoms with Crippen LogP contribution in [0.1, 0.15) is 32.6 Å². The summed E-state index contributed by atoms with van der Waals surface area (Å²) in [5.74, 6) is 0.676. The highest BCUT2D eigenvalue weighted by atomic mass is 16.5. The SMILES string of the molecule is CC1(C(=O)NCC(O)COCC2CC2)CCCN1. The average molecular weight is 256 g/mol. The summed E-state index contributed by atoms with van der Waals surface area (Å²) in [4.78, 5) is 11.9. The fourth-order valence-corrected chi connectivity index (χ4v) is 2.21. The summed E-state index contributed by atoms with van der Waals surface area (Å²) < 4.78 is 5.39. The Morgan fingerprint density at radius 3 is 3.00 bits per heavy atom. The number of aliphatic hydroxyl groups is 1. The summed E-state index contributed by atoms with van der Waals surface area (Å²) in [6.07, 6.45) is 3.76. The predicted molar refractivity (Wildman–Crippen MR) is 68.2 cm³/mol. The zero-order valence-corrected chi connectivity index (χ0v) is 11.1. The van der Waals surface area contributed by atoms with E-state index in [1.165, 1.54) is 12.8 Å². The fourth-order valence-electron chi connectivity index (χ4n) is 2.21. The molecule has 0 radical (unpaired) electrons. The second-order valence-electron chi connectivity index (χ2n) is 5.71. The monoisotopic (exact) mass is 256 g/mol. The van der Waals surface area contributed by atoms with Gasteiger partial charge in [0, 0.05) is 13.2 Å².